The predicted octanol–water partition coefficient (Wildman–Crippen LogP) is 4.60. The maximum Gasteiger partial charge on any atom is 0.288 e. The molecular formula is C18H16ClN3O4. The van der Waals surface area contributed by atoms with Gasteiger partial charge in [-0.1, -0.05) is 23.7 Å². The standard InChI is InChI=1S/C18H16ClN3O4/c1-12-7-17(22(23)24)16(19)8-18(12)26-15-9-20-21(11-15)10-13-3-5-14(25-2)6-4-13/h3-9,11H,10H2,1-2H3. The van der Waals surface area contributed by atoms with E-state index in [1.807, 2.05) is 24.3 Å². The minimum absolute atomic E-state index is 0.0289. The summed E-state index contributed by atoms with van der Waals surface area (Å²) >= 11 is 5.95. The van der Waals surface area contributed by atoms with Gasteiger partial charge in [0.1, 0.15) is 16.5 Å². The number of nitro benzene ring substituents is 1. The molecule has 0 amide bonds. The fourth-order valence-electron chi connectivity index (χ4n) is 2.43. The van der Waals surface area contributed by atoms with Gasteiger partial charge in [-0.05, 0) is 30.2 Å². The first kappa shape index (κ1) is 17.8. The molecule has 0 fully saturated rings. The van der Waals surface area contributed by atoms with Crippen LogP contribution in [-0.2, 0) is 6.54 Å². The van der Waals surface area contributed by atoms with Crippen LogP contribution >= 0.6 is 11.6 Å². The Hall–Kier alpha value is -3.06. The van der Waals surface area contributed by atoms with E-state index in [9.17, 15) is 10.1 Å². The third kappa shape index (κ3) is 3.94. The molecule has 7 nitrogen and oxygen atoms in total. The van der Waals surface area contributed by atoms with Gasteiger partial charge in [-0.2, -0.15) is 5.10 Å². The number of hydrogen-bond acceptors (Lipinski definition) is 5. The molecule has 0 atom stereocenters. The van der Waals surface area contributed by atoms with Crippen LogP contribution in [0.1, 0.15) is 11.1 Å². The third-order valence-corrected chi connectivity index (χ3v) is 4.08. The van der Waals surface area contributed by atoms with Gasteiger partial charge < -0.3 is 9.47 Å². The lowest BCUT2D eigenvalue weighted by Crippen LogP contribution is -1.99. The number of aromatic nitrogens is 2. The lowest BCUT2D eigenvalue weighted by Gasteiger charge is -2.07. The molecule has 3 rings (SSSR count). The molecule has 0 radical (unpaired) electrons. The van der Waals surface area contributed by atoms with Gasteiger partial charge in [-0.3, -0.25) is 14.8 Å². The second-order valence-electron chi connectivity index (χ2n) is 5.65. The zero-order valence-corrected chi connectivity index (χ0v) is 14.9. The lowest BCUT2D eigenvalue weighted by molar-refractivity contribution is -0.384. The summed E-state index contributed by atoms with van der Waals surface area (Å²) in [6.45, 7) is 2.30. The molecule has 8 heteroatoms. The first-order valence-corrected chi connectivity index (χ1v) is 8.12. The smallest absolute Gasteiger partial charge is 0.288 e. The quantitative estimate of drug-likeness (QED) is 0.466. The van der Waals surface area contributed by atoms with Crippen LogP contribution in [0.25, 0.3) is 0 Å². The molecule has 0 spiro atoms. The molecule has 134 valence electrons. The predicted molar refractivity (Wildman–Crippen MR) is 97.2 cm³/mol. The molecular weight excluding hydrogens is 358 g/mol. The number of methoxy groups -OCH3 is 1. The first-order chi connectivity index (χ1) is 12.5. The van der Waals surface area contributed by atoms with Crippen molar-refractivity contribution >= 4 is 17.3 Å². The summed E-state index contributed by atoms with van der Waals surface area (Å²) in [5.41, 5.74) is 1.53. The van der Waals surface area contributed by atoms with Crippen LogP contribution in [0, 0.1) is 17.0 Å². The summed E-state index contributed by atoms with van der Waals surface area (Å²) in [6.07, 6.45) is 3.33. The number of rotatable bonds is 6. The number of hydrogen-bond donors (Lipinski definition) is 0. The van der Waals surface area contributed by atoms with Crippen LogP contribution in [0.2, 0.25) is 5.02 Å². The molecule has 0 N–H and O–H groups in total. The summed E-state index contributed by atoms with van der Waals surface area (Å²) in [7, 11) is 1.62. The van der Waals surface area contributed by atoms with Crippen LogP contribution in [0.4, 0.5) is 5.69 Å². The second kappa shape index (κ2) is 7.45. The summed E-state index contributed by atoms with van der Waals surface area (Å²) in [6, 6.07) is 10.5. The van der Waals surface area contributed by atoms with Crippen molar-refractivity contribution in [3.63, 3.8) is 0 Å². The van der Waals surface area contributed by atoms with Crippen molar-refractivity contribution in [2.24, 2.45) is 0 Å². The molecule has 0 aliphatic rings. The Morgan fingerprint density at radius 3 is 2.62 bits per heavy atom. The Morgan fingerprint density at radius 1 is 1.23 bits per heavy atom. The molecule has 1 heterocycles. The molecule has 0 saturated carbocycles. The molecule has 0 aliphatic heterocycles. The van der Waals surface area contributed by atoms with Gasteiger partial charge in [0.25, 0.3) is 5.69 Å². The maximum absolute atomic E-state index is 10.9. The first-order valence-electron chi connectivity index (χ1n) is 7.74. The second-order valence-corrected chi connectivity index (χ2v) is 6.06. The highest BCUT2D eigenvalue weighted by molar-refractivity contribution is 6.32. The van der Waals surface area contributed by atoms with E-state index in [-0.39, 0.29) is 10.7 Å². The fraction of sp³-hybridized carbons (Fsp3) is 0.167. The lowest BCUT2D eigenvalue weighted by atomic mass is 10.2. The highest BCUT2D eigenvalue weighted by atomic mass is 35.5. The van der Waals surface area contributed by atoms with Crippen molar-refractivity contribution in [2.75, 3.05) is 7.11 Å². The number of nitrogens with zero attached hydrogens (tertiary/aromatic N) is 3. The minimum Gasteiger partial charge on any atom is -0.497 e. The molecule has 0 unspecified atom stereocenters. The fourth-order valence-corrected chi connectivity index (χ4v) is 2.65. The Morgan fingerprint density at radius 2 is 1.96 bits per heavy atom. The molecule has 0 bridgehead atoms. The van der Waals surface area contributed by atoms with Crippen LogP contribution in [-0.4, -0.2) is 21.8 Å². The van der Waals surface area contributed by atoms with E-state index in [2.05, 4.69) is 5.10 Å². The topological polar surface area (TPSA) is 79.4 Å². The number of nitro groups is 1. The van der Waals surface area contributed by atoms with E-state index >= 15 is 0 Å². The Kier molecular flexibility index (Phi) is 5.09. The highest BCUT2D eigenvalue weighted by Crippen LogP contribution is 2.34. The van der Waals surface area contributed by atoms with Crippen LogP contribution in [0.15, 0.2) is 48.8 Å². The van der Waals surface area contributed by atoms with Crippen molar-refractivity contribution in [2.45, 2.75) is 13.5 Å². The van der Waals surface area contributed by atoms with Crippen molar-refractivity contribution < 1.29 is 14.4 Å². The molecule has 1 aromatic heterocycles. The van der Waals surface area contributed by atoms with Crippen molar-refractivity contribution in [1.82, 2.24) is 9.78 Å². The normalized spacial score (nSPS) is 10.6. The Labute approximate surface area is 154 Å². The van der Waals surface area contributed by atoms with Crippen LogP contribution in [0.3, 0.4) is 0 Å². The summed E-state index contributed by atoms with van der Waals surface area (Å²) in [5, 5.41) is 15.2. The Bertz CT molecular complexity index is 938. The van der Waals surface area contributed by atoms with Crippen LogP contribution < -0.4 is 9.47 Å². The van der Waals surface area contributed by atoms with Gasteiger partial charge in [0.05, 0.1) is 31.0 Å². The van der Waals surface area contributed by atoms with E-state index in [4.69, 9.17) is 21.1 Å². The number of benzene rings is 2. The average Bonchev–Trinajstić information content (AvgIpc) is 3.05. The molecule has 2 aromatic carbocycles. The van der Waals surface area contributed by atoms with Crippen molar-refractivity contribution in [3.8, 4) is 17.2 Å². The zero-order valence-electron chi connectivity index (χ0n) is 14.2. The SMILES string of the molecule is COc1ccc(Cn2cc(Oc3cc(Cl)c([N+](=O)[O-])cc3C)cn2)cc1. The highest BCUT2D eigenvalue weighted by Gasteiger charge is 2.16. The van der Waals surface area contributed by atoms with E-state index < -0.39 is 4.92 Å². The van der Waals surface area contributed by atoms with Gasteiger partial charge >= 0.3 is 0 Å². The molecule has 0 saturated heterocycles. The monoisotopic (exact) mass is 373 g/mol. The van der Waals surface area contributed by atoms with E-state index in [1.54, 1.807) is 31.1 Å². The number of ether oxygens (including phenoxy) is 2. The van der Waals surface area contributed by atoms with Crippen molar-refractivity contribution in [1.29, 1.82) is 0 Å². The van der Waals surface area contributed by atoms with Gasteiger partial charge in [0.15, 0.2) is 5.75 Å². The van der Waals surface area contributed by atoms with E-state index in [1.165, 1.54) is 12.1 Å². The van der Waals surface area contributed by atoms with Crippen molar-refractivity contribution in [3.05, 3.63) is 75.1 Å². The van der Waals surface area contributed by atoms with Gasteiger partial charge in [-0.15, -0.1) is 0 Å². The van der Waals surface area contributed by atoms with Crippen LogP contribution in [0.5, 0.6) is 17.2 Å². The largest absolute Gasteiger partial charge is 0.497 e. The zero-order chi connectivity index (χ0) is 18.7. The minimum atomic E-state index is -0.522. The van der Waals surface area contributed by atoms with E-state index in [0.717, 1.165) is 11.3 Å². The average molecular weight is 374 g/mol. The van der Waals surface area contributed by atoms with Gasteiger partial charge in [0, 0.05) is 12.1 Å². The Balaban J connectivity index is 1.74. The van der Waals surface area contributed by atoms with Gasteiger partial charge in [-0.25, -0.2) is 0 Å². The number of aryl methyl sites for hydroxylation is 1. The van der Waals surface area contributed by atoms with Gasteiger partial charge in [0.2, 0.25) is 0 Å². The number of halogens is 1. The van der Waals surface area contributed by atoms with E-state index in [0.29, 0.717) is 23.6 Å². The molecule has 0 aliphatic carbocycles. The third-order valence-electron chi connectivity index (χ3n) is 3.78. The molecule has 3 aromatic rings. The summed E-state index contributed by atoms with van der Waals surface area (Å²) in [4.78, 5) is 10.4. The maximum atomic E-state index is 10.9. The summed E-state index contributed by atoms with van der Waals surface area (Å²) in [5.74, 6) is 1.76. The summed E-state index contributed by atoms with van der Waals surface area (Å²) < 4.78 is 12.6. The molecule has 26 heavy (non-hydrogen) atoms.